The minimum atomic E-state index is -0.126. The van der Waals surface area contributed by atoms with Crippen molar-refractivity contribution in [1.82, 2.24) is 5.32 Å². The number of benzene rings is 1. The van der Waals surface area contributed by atoms with E-state index in [1.807, 2.05) is 12.1 Å². The van der Waals surface area contributed by atoms with Crippen molar-refractivity contribution in [2.45, 2.75) is 31.7 Å². The van der Waals surface area contributed by atoms with Gasteiger partial charge in [0.2, 0.25) is 5.91 Å². The van der Waals surface area contributed by atoms with Gasteiger partial charge in [0, 0.05) is 32.4 Å². The van der Waals surface area contributed by atoms with E-state index in [4.69, 9.17) is 4.74 Å². The number of ether oxygens (including phenoxy) is 1. The second-order valence-electron chi connectivity index (χ2n) is 6.03. The van der Waals surface area contributed by atoms with E-state index in [2.05, 4.69) is 15.5 Å². The second-order valence-corrected chi connectivity index (χ2v) is 6.03. The molecule has 1 atom stereocenters. The van der Waals surface area contributed by atoms with Crippen LogP contribution in [0.25, 0.3) is 0 Å². The molecule has 2 aliphatic rings. The highest BCUT2D eigenvalue weighted by Crippen LogP contribution is 2.36. The summed E-state index contributed by atoms with van der Waals surface area (Å²) in [6, 6.07) is 5.47. The number of piperidine rings is 1. The van der Waals surface area contributed by atoms with Crippen molar-refractivity contribution in [2.24, 2.45) is 0 Å². The maximum absolute atomic E-state index is 12.2. The lowest BCUT2D eigenvalue weighted by atomic mass is 9.97. The molecule has 0 radical (unpaired) electrons. The zero-order valence-electron chi connectivity index (χ0n) is 13.4. The van der Waals surface area contributed by atoms with E-state index in [9.17, 15) is 9.59 Å². The van der Waals surface area contributed by atoms with Gasteiger partial charge in [0.15, 0.2) is 0 Å². The highest BCUT2D eigenvalue weighted by molar-refractivity contribution is 6.05. The van der Waals surface area contributed by atoms with Crippen molar-refractivity contribution in [3.8, 4) is 0 Å². The fraction of sp³-hybridized carbons (Fsp3) is 0.529. The van der Waals surface area contributed by atoms with E-state index in [1.54, 1.807) is 13.2 Å². The summed E-state index contributed by atoms with van der Waals surface area (Å²) in [5.74, 6) is -0.0891. The van der Waals surface area contributed by atoms with Crippen LogP contribution in [0.4, 0.5) is 11.4 Å². The average Bonchev–Trinajstić information content (AvgIpc) is 2.58. The van der Waals surface area contributed by atoms with Gasteiger partial charge in [0.1, 0.15) is 6.04 Å². The van der Waals surface area contributed by atoms with Crippen LogP contribution >= 0.6 is 0 Å². The molecule has 0 spiro atoms. The molecule has 2 N–H and O–H groups in total. The summed E-state index contributed by atoms with van der Waals surface area (Å²) >= 11 is 0. The fourth-order valence-corrected chi connectivity index (χ4v) is 3.26. The minimum Gasteiger partial charge on any atom is -0.385 e. The Hall–Kier alpha value is -2.08. The van der Waals surface area contributed by atoms with Crippen LogP contribution < -0.4 is 15.5 Å². The number of amides is 2. The van der Waals surface area contributed by atoms with Crippen LogP contribution in [0.1, 0.15) is 36.0 Å². The van der Waals surface area contributed by atoms with Crippen LogP contribution in [0.15, 0.2) is 18.2 Å². The molecule has 23 heavy (non-hydrogen) atoms. The molecule has 1 unspecified atom stereocenters. The smallest absolute Gasteiger partial charge is 0.251 e. The van der Waals surface area contributed by atoms with Gasteiger partial charge in [-0.05, 0) is 43.9 Å². The van der Waals surface area contributed by atoms with Gasteiger partial charge in [-0.3, -0.25) is 9.59 Å². The molecular weight excluding hydrogens is 294 g/mol. The van der Waals surface area contributed by atoms with E-state index in [0.29, 0.717) is 18.7 Å². The number of anilines is 2. The lowest BCUT2D eigenvalue weighted by Gasteiger charge is -2.41. The van der Waals surface area contributed by atoms with Crippen LogP contribution in [-0.4, -0.2) is 44.7 Å². The molecule has 1 aromatic rings. The predicted molar refractivity (Wildman–Crippen MR) is 88.9 cm³/mol. The molecular formula is C17H23N3O3. The third-order valence-electron chi connectivity index (χ3n) is 4.44. The Morgan fingerprint density at radius 2 is 2.30 bits per heavy atom. The second kappa shape index (κ2) is 7.00. The highest BCUT2D eigenvalue weighted by atomic mass is 16.5. The molecule has 6 nitrogen and oxygen atoms in total. The minimum absolute atomic E-state index is 0.0369. The van der Waals surface area contributed by atoms with Crippen molar-refractivity contribution in [1.29, 1.82) is 0 Å². The molecule has 2 heterocycles. The Kier molecular flexibility index (Phi) is 4.81. The van der Waals surface area contributed by atoms with E-state index in [0.717, 1.165) is 43.6 Å². The van der Waals surface area contributed by atoms with Crippen molar-refractivity contribution in [3.63, 3.8) is 0 Å². The van der Waals surface area contributed by atoms with Crippen LogP contribution in [0.2, 0.25) is 0 Å². The van der Waals surface area contributed by atoms with Crippen LogP contribution in [0, 0.1) is 0 Å². The average molecular weight is 317 g/mol. The number of carbonyl (C=O) groups is 2. The first-order chi connectivity index (χ1) is 11.2. The largest absolute Gasteiger partial charge is 0.385 e. The number of hydrogen-bond donors (Lipinski definition) is 2. The lowest BCUT2D eigenvalue weighted by Crippen LogP contribution is -2.50. The summed E-state index contributed by atoms with van der Waals surface area (Å²) in [5.41, 5.74) is 2.32. The Morgan fingerprint density at radius 1 is 1.43 bits per heavy atom. The maximum atomic E-state index is 12.2. The van der Waals surface area contributed by atoms with Crippen molar-refractivity contribution >= 4 is 23.2 Å². The molecule has 124 valence electrons. The Labute approximate surface area is 136 Å². The number of rotatable bonds is 5. The van der Waals surface area contributed by atoms with Crippen molar-refractivity contribution < 1.29 is 14.3 Å². The van der Waals surface area contributed by atoms with E-state index in [-0.39, 0.29) is 17.9 Å². The summed E-state index contributed by atoms with van der Waals surface area (Å²) < 4.78 is 4.96. The first-order valence-corrected chi connectivity index (χ1v) is 8.19. The number of carbonyl (C=O) groups excluding carboxylic acids is 2. The van der Waals surface area contributed by atoms with E-state index >= 15 is 0 Å². The zero-order chi connectivity index (χ0) is 16.2. The SMILES string of the molecule is COCCCNC(=O)c1ccc2c(c1)NC(=O)C1CCCCN21. The quantitative estimate of drug-likeness (QED) is 0.812. The van der Waals surface area contributed by atoms with Gasteiger partial charge in [-0.2, -0.15) is 0 Å². The van der Waals surface area contributed by atoms with Gasteiger partial charge in [0.25, 0.3) is 5.91 Å². The number of nitrogens with zero attached hydrogens (tertiary/aromatic N) is 1. The van der Waals surface area contributed by atoms with Gasteiger partial charge in [-0.1, -0.05) is 0 Å². The molecule has 0 saturated carbocycles. The fourth-order valence-electron chi connectivity index (χ4n) is 3.26. The number of methoxy groups -OCH3 is 1. The first-order valence-electron chi connectivity index (χ1n) is 8.19. The highest BCUT2D eigenvalue weighted by Gasteiger charge is 2.34. The molecule has 2 amide bonds. The molecule has 3 rings (SSSR count). The van der Waals surface area contributed by atoms with Crippen LogP contribution in [0.5, 0.6) is 0 Å². The normalized spacial score (nSPS) is 19.6. The molecule has 6 heteroatoms. The zero-order valence-corrected chi connectivity index (χ0v) is 13.4. The molecule has 2 aliphatic heterocycles. The molecule has 1 aromatic carbocycles. The van der Waals surface area contributed by atoms with Crippen LogP contribution in [0.3, 0.4) is 0 Å². The number of hydrogen-bond acceptors (Lipinski definition) is 4. The Bertz CT molecular complexity index is 603. The van der Waals surface area contributed by atoms with Gasteiger partial charge in [-0.25, -0.2) is 0 Å². The number of nitrogens with one attached hydrogen (secondary N) is 2. The van der Waals surface area contributed by atoms with Crippen molar-refractivity contribution in [2.75, 3.05) is 37.0 Å². The maximum Gasteiger partial charge on any atom is 0.251 e. The van der Waals surface area contributed by atoms with E-state index < -0.39 is 0 Å². The standard InChI is InChI=1S/C17H23N3O3/c1-23-10-4-8-18-16(21)12-6-7-14-13(11-12)19-17(22)15-5-2-3-9-20(14)15/h6-7,11,15H,2-5,8-10H2,1H3,(H,18,21)(H,19,22). The van der Waals surface area contributed by atoms with Gasteiger partial charge < -0.3 is 20.3 Å². The lowest BCUT2D eigenvalue weighted by molar-refractivity contribution is -0.118. The molecule has 0 bridgehead atoms. The molecule has 1 fully saturated rings. The predicted octanol–water partition coefficient (Wildman–Crippen LogP) is 1.76. The van der Waals surface area contributed by atoms with Crippen molar-refractivity contribution in [3.05, 3.63) is 23.8 Å². The summed E-state index contributed by atoms with van der Waals surface area (Å²) in [5, 5.41) is 5.81. The molecule has 0 aliphatic carbocycles. The number of fused-ring (bicyclic) bond motifs is 3. The summed E-state index contributed by atoms with van der Waals surface area (Å²) in [4.78, 5) is 26.6. The third kappa shape index (κ3) is 3.32. The monoisotopic (exact) mass is 317 g/mol. The Morgan fingerprint density at radius 3 is 3.13 bits per heavy atom. The summed E-state index contributed by atoms with van der Waals surface area (Å²) in [6.45, 7) is 2.09. The van der Waals surface area contributed by atoms with Gasteiger partial charge in [-0.15, -0.1) is 0 Å². The Balaban J connectivity index is 1.73. The first kappa shape index (κ1) is 15.8. The van der Waals surface area contributed by atoms with Crippen LogP contribution in [-0.2, 0) is 9.53 Å². The third-order valence-corrected chi connectivity index (χ3v) is 4.44. The van der Waals surface area contributed by atoms with Gasteiger partial charge >= 0.3 is 0 Å². The summed E-state index contributed by atoms with van der Waals surface area (Å²) in [7, 11) is 1.64. The molecule has 1 saturated heterocycles. The molecule has 0 aromatic heterocycles. The van der Waals surface area contributed by atoms with Gasteiger partial charge in [0.05, 0.1) is 11.4 Å². The summed E-state index contributed by atoms with van der Waals surface area (Å²) in [6.07, 6.45) is 3.86. The topological polar surface area (TPSA) is 70.7 Å². The van der Waals surface area contributed by atoms with E-state index in [1.165, 1.54) is 0 Å².